The maximum absolute atomic E-state index is 14.3. The topological polar surface area (TPSA) is 101 Å². The van der Waals surface area contributed by atoms with Crippen LogP contribution < -0.4 is 10.5 Å². The molecule has 162 valence electrons. The molecule has 0 radical (unpaired) electrons. The maximum atomic E-state index is 14.3. The highest BCUT2D eigenvalue weighted by atomic mass is 19.1. The van der Waals surface area contributed by atoms with Gasteiger partial charge in [-0.05, 0) is 35.7 Å². The Morgan fingerprint density at radius 3 is 2.81 bits per heavy atom. The first-order chi connectivity index (χ1) is 15.5. The van der Waals surface area contributed by atoms with Gasteiger partial charge >= 0.3 is 11.8 Å². The lowest BCUT2D eigenvalue weighted by Gasteiger charge is -2.28. The molecule has 2 amide bonds. The number of carbonyl (C=O) groups excluding carboxylic acids is 2. The molecule has 5 rings (SSSR count). The summed E-state index contributed by atoms with van der Waals surface area (Å²) in [5.74, 6) is -1.94. The van der Waals surface area contributed by atoms with Gasteiger partial charge in [0.2, 0.25) is 0 Å². The highest BCUT2D eigenvalue weighted by Crippen LogP contribution is 2.35. The van der Waals surface area contributed by atoms with Gasteiger partial charge in [-0.2, -0.15) is 0 Å². The average molecular weight is 432 g/mol. The molecule has 0 atom stereocenters. The van der Waals surface area contributed by atoms with Crippen LogP contribution in [0.3, 0.4) is 0 Å². The zero-order chi connectivity index (χ0) is 22.4. The number of benzene rings is 2. The van der Waals surface area contributed by atoms with Gasteiger partial charge in [0, 0.05) is 29.3 Å². The van der Waals surface area contributed by atoms with E-state index in [0.29, 0.717) is 19.4 Å². The molecule has 8 heteroatoms. The molecule has 0 aliphatic carbocycles. The molecule has 0 unspecified atom stereocenters. The van der Waals surface area contributed by atoms with Crippen LogP contribution in [0.1, 0.15) is 22.5 Å². The summed E-state index contributed by atoms with van der Waals surface area (Å²) < 4.78 is 19.3. The third-order valence-corrected chi connectivity index (χ3v) is 5.97. The molecule has 1 aliphatic rings. The number of amides is 2. The molecule has 2 aromatic carbocycles. The molecule has 0 fully saturated rings. The average Bonchev–Trinajstić information content (AvgIpc) is 3.18. The van der Waals surface area contributed by atoms with E-state index in [4.69, 9.17) is 15.5 Å². The molecule has 3 N–H and O–H groups in total. The van der Waals surface area contributed by atoms with Crippen LogP contribution in [0.4, 0.5) is 4.39 Å². The minimum Gasteiger partial charge on any atom is -0.494 e. The Bertz CT molecular complexity index is 1400. The summed E-state index contributed by atoms with van der Waals surface area (Å²) in [6, 6.07) is 12.8. The second kappa shape index (κ2) is 7.64. The van der Waals surface area contributed by atoms with Crippen molar-refractivity contribution in [1.82, 2.24) is 14.9 Å². The third kappa shape index (κ3) is 3.24. The standard InChI is InChI=1S/C24H21FN4O3/c1-32-20-7-6-13(10-16(20)25)11-18-22-21(14-4-2-3-5-17(14)28-22)15-8-9-29(12-19(15)27-18)24(31)23(26)30/h2-7,10,28H,8-9,11-12H2,1H3,(H2,26,30). The number of pyridine rings is 1. The van der Waals surface area contributed by atoms with Crippen molar-refractivity contribution in [2.45, 2.75) is 19.4 Å². The van der Waals surface area contributed by atoms with Crippen LogP contribution in [0, 0.1) is 5.82 Å². The predicted molar refractivity (Wildman–Crippen MR) is 118 cm³/mol. The fraction of sp³-hybridized carbons (Fsp3) is 0.208. The predicted octanol–water partition coefficient (Wildman–Crippen LogP) is 2.82. The Hall–Kier alpha value is -3.94. The Morgan fingerprint density at radius 1 is 1.25 bits per heavy atom. The van der Waals surface area contributed by atoms with Crippen molar-refractivity contribution >= 4 is 33.6 Å². The Kier molecular flexibility index (Phi) is 4.77. The minimum absolute atomic E-state index is 0.184. The summed E-state index contributed by atoms with van der Waals surface area (Å²) in [5.41, 5.74) is 10.4. The quantitative estimate of drug-likeness (QED) is 0.486. The summed E-state index contributed by atoms with van der Waals surface area (Å²) in [6.45, 7) is 0.602. The van der Waals surface area contributed by atoms with Crippen LogP contribution in [0.25, 0.3) is 21.8 Å². The number of nitrogens with zero attached hydrogens (tertiary/aromatic N) is 2. The summed E-state index contributed by atoms with van der Waals surface area (Å²) in [6.07, 6.45) is 0.957. The molecular formula is C24H21FN4O3. The van der Waals surface area contributed by atoms with E-state index in [-0.39, 0.29) is 12.3 Å². The number of methoxy groups -OCH3 is 1. The van der Waals surface area contributed by atoms with Crippen LogP contribution in [0.2, 0.25) is 0 Å². The molecule has 32 heavy (non-hydrogen) atoms. The van der Waals surface area contributed by atoms with Crippen molar-refractivity contribution in [3.63, 3.8) is 0 Å². The van der Waals surface area contributed by atoms with Crippen LogP contribution in [0.15, 0.2) is 42.5 Å². The zero-order valence-electron chi connectivity index (χ0n) is 17.4. The lowest BCUT2D eigenvalue weighted by Crippen LogP contribution is -2.43. The van der Waals surface area contributed by atoms with Crippen LogP contribution in [0.5, 0.6) is 5.75 Å². The number of carbonyl (C=O) groups is 2. The monoisotopic (exact) mass is 432 g/mol. The van der Waals surface area contributed by atoms with Crippen molar-refractivity contribution in [1.29, 1.82) is 0 Å². The lowest BCUT2D eigenvalue weighted by molar-refractivity contribution is -0.144. The second-order valence-electron chi connectivity index (χ2n) is 7.89. The fourth-order valence-electron chi connectivity index (χ4n) is 4.48. The number of nitrogens with one attached hydrogen (secondary N) is 1. The van der Waals surface area contributed by atoms with Gasteiger partial charge in [0.25, 0.3) is 0 Å². The summed E-state index contributed by atoms with van der Waals surface area (Å²) in [5, 5.41) is 2.12. The van der Waals surface area contributed by atoms with Crippen molar-refractivity contribution in [3.05, 3.63) is 70.8 Å². The van der Waals surface area contributed by atoms with E-state index < -0.39 is 17.6 Å². The lowest BCUT2D eigenvalue weighted by atomic mass is 9.96. The fourth-order valence-corrected chi connectivity index (χ4v) is 4.48. The number of aromatic amines is 1. The minimum atomic E-state index is -0.976. The van der Waals surface area contributed by atoms with Gasteiger partial charge < -0.3 is 20.4 Å². The first kappa shape index (κ1) is 20.0. The number of ether oxygens (including phenoxy) is 1. The van der Waals surface area contributed by atoms with E-state index >= 15 is 0 Å². The maximum Gasteiger partial charge on any atom is 0.312 e. The van der Waals surface area contributed by atoms with Gasteiger partial charge in [-0.25, -0.2) is 4.39 Å². The van der Waals surface area contributed by atoms with E-state index in [1.165, 1.54) is 18.1 Å². The number of nitrogens with two attached hydrogens (primary N) is 1. The number of para-hydroxylation sites is 1. The first-order valence-electron chi connectivity index (χ1n) is 10.3. The van der Waals surface area contributed by atoms with Crippen LogP contribution in [-0.2, 0) is 29.0 Å². The van der Waals surface area contributed by atoms with Crippen molar-refractivity contribution < 1.29 is 18.7 Å². The summed E-state index contributed by atoms with van der Waals surface area (Å²) >= 11 is 0. The van der Waals surface area contributed by atoms with E-state index in [1.54, 1.807) is 12.1 Å². The van der Waals surface area contributed by atoms with Gasteiger partial charge in [0.15, 0.2) is 11.6 Å². The van der Waals surface area contributed by atoms with E-state index in [0.717, 1.165) is 44.3 Å². The Morgan fingerprint density at radius 2 is 2.06 bits per heavy atom. The van der Waals surface area contributed by atoms with Gasteiger partial charge in [-0.1, -0.05) is 24.3 Å². The molecule has 0 saturated heterocycles. The van der Waals surface area contributed by atoms with Gasteiger partial charge in [-0.3, -0.25) is 14.6 Å². The Labute approximate surface area is 183 Å². The van der Waals surface area contributed by atoms with Crippen molar-refractivity contribution in [2.75, 3.05) is 13.7 Å². The smallest absolute Gasteiger partial charge is 0.312 e. The number of H-pyrrole nitrogens is 1. The number of hydrogen-bond donors (Lipinski definition) is 2. The zero-order valence-corrected chi connectivity index (χ0v) is 17.4. The number of fused-ring (bicyclic) bond motifs is 5. The molecule has 0 bridgehead atoms. The molecular weight excluding hydrogens is 411 g/mol. The number of halogens is 1. The molecule has 2 aromatic heterocycles. The van der Waals surface area contributed by atoms with Gasteiger partial charge in [0.1, 0.15) is 0 Å². The molecule has 7 nitrogen and oxygen atoms in total. The molecule has 4 aromatic rings. The normalized spacial score (nSPS) is 13.4. The van der Waals surface area contributed by atoms with Gasteiger partial charge in [-0.15, -0.1) is 0 Å². The number of primary amides is 1. The highest BCUT2D eigenvalue weighted by Gasteiger charge is 2.28. The van der Waals surface area contributed by atoms with E-state index in [9.17, 15) is 14.0 Å². The molecule has 3 heterocycles. The van der Waals surface area contributed by atoms with E-state index in [2.05, 4.69) is 4.98 Å². The number of aromatic nitrogens is 2. The number of rotatable bonds is 3. The Balaban J connectivity index is 1.66. The third-order valence-electron chi connectivity index (χ3n) is 5.97. The summed E-state index contributed by atoms with van der Waals surface area (Å²) in [4.78, 5) is 33.3. The highest BCUT2D eigenvalue weighted by molar-refractivity contribution is 6.34. The van der Waals surface area contributed by atoms with Crippen molar-refractivity contribution in [2.24, 2.45) is 5.73 Å². The number of hydrogen-bond acceptors (Lipinski definition) is 4. The van der Waals surface area contributed by atoms with E-state index in [1.807, 2.05) is 24.3 Å². The second-order valence-corrected chi connectivity index (χ2v) is 7.89. The van der Waals surface area contributed by atoms with Crippen molar-refractivity contribution in [3.8, 4) is 5.75 Å². The van der Waals surface area contributed by atoms with Gasteiger partial charge in [0.05, 0.1) is 30.6 Å². The largest absolute Gasteiger partial charge is 0.494 e. The molecule has 0 saturated carbocycles. The molecule has 0 spiro atoms. The first-order valence-corrected chi connectivity index (χ1v) is 10.3. The van der Waals surface area contributed by atoms with Crippen LogP contribution >= 0.6 is 0 Å². The summed E-state index contributed by atoms with van der Waals surface area (Å²) in [7, 11) is 1.43. The van der Waals surface area contributed by atoms with Crippen LogP contribution in [-0.4, -0.2) is 40.3 Å². The SMILES string of the molecule is COc1ccc(Cc2nc3c(c4c2[nH]c2ccccc24)CCN(C(=O)C(N)=O)C3)cc1F. The molecule has 1 aliphatic heterocycles.